The summed E-state index contributed by atoms with van der Waals surface area (Å²) in [5.74, 6) is 1.93. The van der Waals surface area contributed by atoms with Crippen LogP contribution in [0.25, 0.3) is 11.2 Å². The van der Waals surface area contributed by atoms with Crippen LogP contribution in [0.15, 0.2) is 64.9 Å². The zero-order valence-electron chi connectivity index (χ0n) is 16.3. The maximum atomic E-state index is 6.09. The molecule has 2 aromatic carbocycles. The van der Waals surface area contributed by atoms with Crippen LogP contribution in [0.4, 0.5) is 5.82 Å². The average molecular weight is 409 g/mol. The molecule has 0 radical (unpaired) electrons. The summed E-state index contributed by atoms with van der Waals surface area (Å²) in [6.07, 6.45) is 2.62. The number of aryl methyl sites for hydroxylation is 2. The van der Waals surface area contributed by atoms with E-state index in [9.17, 15) is 0 Å². The number of hydrogen-bond acceptors (Lipinski definition) is 6. The van der Waals surface area contributed by atoms with E-state index in [1.165, 1.54) is 17.3 Å². The molecule has 0 unspecified atom stereocenters. The van der Waals surface area contributed by atoms with E-state index in [0.29, 0.717) is 11.0 Å². The summed E-state index contributed by atoms with van der Waals surface area (Å²) < 4.78 is 12.8. The molecule has 0 amide bonds. The van der Waals surface area contributed by atoms with Crippen LogP contribution in [-0.4, -0.2) is 29.2 Å². The monoisotopic (exact) mass is 408 g/mol. The van der Waals surface area contributed by atoms with Gasteiger partial charge in [0, 0.05) is 6.42 Å². The molecule has 0 aliphatic carbocycles. The summed E-state index contributed by atoms with van der Waals surface area (Å²) >= 11 is 1.46. The number of nitrogens with zero attached hydrogens (tertiary/aromatic N) is 3. The smallest absolute Gasteiger partial charge is 0.294 e. The Balaban J connectivity index is 1.64. The van der Waals surface area contributed by atoms with E-state index in [1.807, 2.05) is 41.0 Å². The minimum absolute atomic E-state index is 0.424. The third-order valence-electron chi connectivity index (χ3n) is 4.59. The Morgan fingerprint density at radius 1 is 1.10 bits per heavy atom. The Kier molecular flexibility index (Phi) is 5.53. The van der Waals surface area contributed by atoms with Crippen molar-refractivity contribution in [2.45, 2.75) is 23.0 Å². The number of rotatable bonds is 7. The van der Waals surface area contributed by atoms with Crippen molar-refractivity contribution in [2.75, 3.05) is 20.0 Å². The number of anilines is 1. The molecular formula is C21H22N5O2S+. The zero-order chi connectivity index (χ0) is 20.2. The number of methoxy groups -OCH3 is 2. The van der Waals surface area contributed by atoms with Gasteiger partial charge in [0.2, 0.25) is 17.3 Å². The third kappa shape index (κ3) is 4.12. The van der Waals surface area contributed by atoms with Crippen LogP contribution in [0.3, 0.4) is 0 Å². The van der Waals surface area contributed by atoms with Crippen molar-refractivity contribution in [3.8, 4) is 11.5 Å². The van der Waals surface area contributed by atoms with E-state index in [4.69, 9.17) is 20.2 Å². The molecule has 4 aromatic rings. The van der Waals surface area contributed by atoms with Gasteiger partial charge in [0.25, 0.3) is 5.65 Å². The number of ether oxygens (including phenoxy) is 2. The lowest BCUT2D eigenvalue weighted by molar-refractivity contribution is -0.675. The number of aromatic amines is 1. The molecule has 8 heteroatoms. The molecule has 0 aliphatic heterocycles. The molecule has 0 bridgehead atoms. The molecule has 0 fully saturated rings. The first-order chi connectivity index (χ1) is 14.2. The first-order valence-electron chi connectivity index (χ1n) is 9.15. The number of nitrogen functional groups attached to an aromatic ring is 1. The number of benzene rings is 2. The Morgan fingerprint density at radius 2 is 1.93 bits per heavy atom. The highest BCUT2D eigenvalue weighted by Gasteiger charge is 2.20. The van der Waals surface area contributed by atoms with E-state index in [2.05, 4.69) is 22.1 Å². The molecule has 0 atom stereocenters. The van der Waals surface area contributed by atoms with Gasteiger partial charge in [-0.15, -0.1) is 0 Å². The number of imidazole rings is 1. The van der Waals surface area contributed by atoms with E-state index < -0.39 is 0 Å². The maximum absolute atomic E-state index is 6.09. The van der Waals surface area contributed by atoms with Gasteiger partial charge in [-0.2, -0.15) is 0 Å². The fourth-order valence-electron chi connectivity index (χ4n) is 3.05. The lowest BCUT2D eigenvalue weighted by Gasteiger charge is -2.07. The predicted molar refractivity (Wildman–Crippen MR) is 112 cm³/mol. The van der Waals surface area contributed by atoms with Crippen LogP contribution in [-0.2, 0) is 13.0 Å². The van der Waals surface area contributed by atoms with Gasteiger partial charge < -0.3 is 20.2 Å². The maximum Gasteiger partial charge on any atom is 0.294 e. The summed E-state index contributed by atoms with van der Waals surface area (Å²) in [7, 11) is 3.28. The van der Waals surface area contributed by atoms with Crippen molar-refractivity contribution in [1.82, 2.24) is 15.0 Å². The minimum Gasteiger partial charge on any atom is -0.497 e. The van der Waals surface area contributed by atoms with Crippen LogP contribution in [0.1, 0.15) is 5.56 Å². The second-order valence-corrected chi connectivity index (χ2v) is 7.45. The standard InChI is InChI=1S/C21H21N5O2S/c1-27-15-8-9-16(28-2)17(12-15)29-21-24-18-19(22)23-13-26(20(18)25-21)11-10-14-6-4-3-5-7-14/h3-9,12-13H,10-11H2,1-2H3,(H2,22,24,25)/p+1. The van der Waals surface area contributed by atoms with Gasteiger partial charge >= 0.3 is 0 Å². The summed E-state index contributed by atoms with van der Waals surface area (Å²) in [6.45, 7) is 0.755. The molecule has 0 aliphatic rings. The molecule has 0 saturated heterocycles. The molecule has 7 nitrogen and oxygen atoms in total. The summed E-state index contributed by atoms with van der Waals surface area (Å²) in [6, 6.07) is 16.0. The zero-order valence-corrected chi connectivity index (χ0v) is 17.1. The molecular weight excluding hydrogens is 386 g/mol. The second-order valence-electron chi connectivity index (χ2n) is 6.42. The van der Waals surface area contributed by atoms with Crippen molar-refractivity contribution in [3.05, 3.63) is 60.4 Å². The first-order valence-corrected chi connectivity index (χ1v) is 9.97. The highest BCUT2D eigenvalue weighted by molar-refractivity contribution is 7.99. The summed E-state index contributed by atoms with van der Waals surface area (Å²) in [4.78, 5) is 13.3. The molecule has 2 aromatic heterocycles. The normalized spacial score (nSPS) is 11.0. The summed E-state index contributed by atoms with van der Waals surface area (Å²) in [5, 5.41) is 0.708. The van der Waals surface area contributed by atoms with E-state index in [1.54, 1.807) is 20.5 Å². The topological polar surface area (TPSA) is 89.9 Å². The van der Waals surface area contributed by atoms with Crippen LogP contribution < -0.4 is 19.8 Å². The van der Waals surface area contributed by atoms with Crippen LogP contribution in [0.5, 0.6) is 11.5 Å². The van der Waals surface area contributed by atoms with Crippen LogP contribution in [0.2, 0.25) is 0 Å². The lowest BCUT2D eigenvalue weighted by Crippen LogP contribution is -2.36. The Bertz CT molecular complexity index is 1130. The van der Waals surface area contributed by atoms with E-state index in [0.717, 1.165) is 40.5 Å². The van der Waals surface area contributed by atoms with Crippen LogP contribution >= 0.6 is 11.8 Å². The molecule has 0 saturated carbocycles. The molecule has 148 valence electrons. The van der Waals surface area contributed by atoms with Crippen molar-refractivity contribution in [1.29, 1.82) is 0 Å². The fraction of sp³-hybridized carbons (Fsp3) is 0.190. The SMILES string of the molecule is COc1ccc(OC)c(Sc2nc3c([nH]2)c(N)nc[n+]3CCc2ccccc2)c1. The van der Waals surface area contributed by atoms with Gasteiger partial charge in [-0.25, -0.2) is 4.57 Å². The molecule has 2 heterocycles. The number of fused-ring (bicyclic) bond motifs is 1. The summed E-state index contributed by atoms with van der Waals surface area (Å²) in [5.41, 5.74) is 8.85. The van der Waals surface area contributed by atoms with Gasteiger partial charge in [-0.05, 0) is 35.5 Å². The van der Waals surface area contributed by atoms with Gasteiger partial charge in [-0.3, -0.25) is 0 Å². The van der Waals surface area contributed by atoms with Gasteiger partial charge in [0.15, 0.2) is 5.52 Å². The average Bonchev–Trinajstić information content (AvgIpc) is 3.18. The minimum atomic E-state index is 0.424. The number of hydrogen-bond donors (Lipinski definition) is 2. The van der Waals surface area contributed by atoms with Gasteiger partial charge in [0.05, 0.1) is 25.7 Å². The Hall–Kier alpha value is -3.26. The molecule has 29 heavy (non-hydrogen) atoms. The van der Waals surface area contributed by atoms with E-state index >= 15 is 0 Å². The third-order valence-corrected chi connectivity index (χ3v) is 5.51. The Morgan fingerprint density at radius 3 is 2.69 bits per heavy atom. The van der Waals surface area contributed by atoms with Crippen molar-refractivity contribution >= 4 is 28.7 Å². The second kappa shape index (κ2) is 8.40. The molecule has 3 N–H and O–H groups in total. The van der Waals surface area contributed by atoms with E-state index in [-0.39, 0.29) is 0 Å². The van der Waals surface area contributed by atoms with Gasteiger partial charge in [-0.1, -0.05) is 40.3 Å². The molecule has 0 spiro atoms. The van der Waals surface area contributed by atoms with Crippen molar-refractivity contribution in [3.63, 3.8) is 0 Å². The fourth-order valence-corrected chi connectivity index (χ4v) is 3.98. The number of H-pyrrole nitrogens is 1. The highest BCUT2D eigenvalue weighted by atomic mass is 32.2. The quantitative estimate of drug-likeness (QED) is 0.456. The Labute approximate surface area is 172 Å². The number of nitrogens with one attached hydrogen (secondary N) is 1. The lowest BCUT2D eigenvalue weighted by atomic mass is 10.1. The van der Waals surface area contributed by atoms with Crippen molar-refractivity contribution in [2.24, 2.45) is 0 Å². The molecule has 4 rings (SSSR count). The number of nitrogens with two attached hydrogens (primary N) is 1. The largest absolute Gasteiger partial charge is 0.497 e. The highest BCUT2D eigenvalue weighted by Crippen LogP contribution is 2.36. The predicted octanol–water partition coefficient (Wildman–Crippen LogP) is 3.24. The van der Waals surface area contributed by atoms with Gasteiger partial charge in [0.1, 0.15) is 11.5 Å². The van der Waals surface area contributed by atoms with Crippen LogP contribution in [0, 0.1) is 0 Å². The first kappa shape index (κ1) is 19.1. The number of aromatic nitrogens is 4. The van der Waals surface area contributed by atoms with Crippen molar-refractivity contribution < 1.29 is 14.0 Å².